The molecule has 0 aliphatic carbocycles. The number of hydrogen-bond acceptors (Lipinski definition) is 5. The lowest BCUT2D eigenvalue weighted by Crippen LogP contribution is -2.14. The largest absolute Gasteiger partial charge is 0.399 e. The molecule has 0 amide bonds. The normalized spacial score (nSPS) is 11.1. The minimum Gasteiger partial charge on any atom is -0.399 e. The monoisotopic (exact) mass is 372 g/mol. The lowest BCUT2D eigenvalue weighted by atomic mass is 10.0. The number of nitrogens with two attached hydrogens (primary N) is 1. The van der Waals surface area contributed by atoms with Crippen molar-refractivity contribution in [1.29, 1.82) is 0 Å². The number of nitrogens with one attached hydrogen (secondary N) is 1. The van der Waals surface area contributed by atoms with E-state index in [2.05, 4.69) is 31.3 Å². The molecule has 0 aliphatic rings. The average Bonchev–Trinajstić information content (AvgIpc) is 2.67. The molecule has 2 aromatic rings. The predicted octanol–water partition coefficient (Wildman–Crippen LogP) is 4.05. The molecule has 0 unspecified atom stereocenters. The van der Waals surface area contributed by atoms with Crippen molar-refractivity contribution in [1.82, 2.24) is 0 Å². The Morgan fingerprint density at radius 3 is 2.22 bits per heavy atom. The lowest BCUT2D eigenvalue weighted by molar-refractivity contribution is 0.0123. The van der Waals surface area contributed by atoms with Crippen LogP contribution in [0.3, 0.4) is 0 Å². The summed E-state index contributed by atoms with van der Waals surface area (Å²) in [6, 6.07) is 16.1. The molecule has 3 N–H and O–H groups in total. The predicted molar refractivity (Wildman–Crippen MR) is 111 cm³/mol. The molecule has 2 aromatic carbocycles. The van der Waals surface area contributed by atoms with Crippen molar-refractivity contribution in [3.63, 3.8) is 0 Å². The highest BCUT2D eigenvalue weighted by Crippen LogP contribution is 2.26. The summed E-state index contributed by atoms with van der Waals surface area (Å²) in [4.78, 5) is 0. The van der Waals surface area contributed by atoms with Crippen LogP contribution in [0.1, 0.15) is 30.9 Å². The fraction of sp³-hybridized carbons (Fsp3) is 0.455. The topological polar surface area (TPSA) is 65.7 Å². The molecule has 0 radical (unpaired) electrons. The number of ether oxygens (including phenoxy) is 3. The summed E-state index contributed by atoms with van der Waals surface area (Å²) >= 11 is 0. The minimum absolute atomic E-state index is 0.425. The van der Waals surface area contributed by atoms with Crippen molar-refractivity contribution in [2.24, 2.45) is 0 Å². The molecule has 0 spiro atoms. The van der Waals surface area contributed by atoms with Gasteiger partial charge in [0.2, 0.25) is 0 Å². The first kappa shape index (κ1) is 21.2. The minimum atomic E-state index is 0.425. The Bertz CT molecular complexity index is 647. The fourth-order valence-electron chi connectivity index (χ4n) is 2.68. The van der Waals surface area contributed by atoms with Crippen LogP contribution in [-0.4, -0.2) is 39.6 Å². The number of benzene rings is 2. The highest BCUT2D eigenvalue weighted by Gasteiger charge is 2.06. The van der Waals surface area contributed by atoms with Crippen LogP contribution in [0.25, 0.3) is 0 Å². The van der Waals surface area contributed by atoms with Crippen molar-refractivity contribution in [2.45, 2.75) is 26.4 Å². The van der Waals surface area contributed by atoms with Gasteiger partial charge in [0.1, 0.15) is 0 Å². The number of rotatable bonds is 13. The van der Waals surface area contributed by atoms with E-state index in [4.69, 9.17) is 19.9 Å². The average molecular weight is 373 g/mol. The summed E-state index contributed by atoms with van der Waals surface area (Å²) in [6.07, 6.45) is 0. The summed E-state index contributed by atoms with van der Waals surface area (Å²) < 4.78 is 16.7. The number of anilines is 2. The Labute approximate surface area is 162 Å². The van der Waals surface area contributed by atoms with E-state index in [-0.39, 0.29) is 0 Å². The Kier molecular flexibility index (Phi) is 9.69. The SMILES string of the molecule is CC(C)c1cc(N)ccc1NCCOCCOCCOCc1ccccc1. The Hall–Kier alpha value is -2.08. The van der Waals surface area contributed by atoms with E-state index in [9.17, 15) is 0 Å². The third kappa shape index (κ3) is 8.43. The van der Waals surface area contributed by atoms with Crippen molar-refractivity contribution in [3.05, 3.63) is 59.7 Å². The van der Waals surface area contributed by atoms with Gasteiger partial charge in [-0.2, -0.15) is 0 Å². The third-order valence-corrected chi connectivity index (χ3v) is 4.12. The van der Waals surface area contributed by atoms with E-state index in [0.29, 0.717) is 45.6 Å². The van der Waals surface area contributed by atoms with Gasteiger partial charge >= 0.3 is 0 Å². The maximum Gasteiger partial charge on any atom is 0.0718 e. The van der Waals surface area contributed by atoms with Gasteiger partial charge in [0, 0.05) is 17.9 Å². The summed E-state index contributed by atoms with van der Waals surface area (Å²) in [5, 5.41) is 3.41. The van der Waals surface area contributed by atoms with Crippen LogP contribution in [0.4, 0.5) is 11.4 Å². The second kappa shape index (κ2) is 12.3. The molecule has 0 saturated carbocycles. The molecule has 0 aromatic heterocycles. The molecule has 27 heavy (non-hydrogen) atoms. The number of nitrogen functional groups attached to an aromatic ring is 1. The van der Waals surface area contributed by atoms with Crippen LogP contribution in [0.5, 0.6) is 0 Å². The van der Waals surface area contributed by atoms with Gasteiger partial charge in [-0.15, -0.1) is 0 Å². The van der Waals surface area contributed by atoms with E-state index < -0.39 is 0 Å². The smallest absolute Gasteiger partial charge is 0.0718 e. The van der Waals surface area contributed by atoms with Gasteiger partial charge in [-0.3, -0.25) is 0 Å². The Morgan fingerprint density at radius 1 is 0.852 bits per heavy atom. The molecule has 0 bridgehead atoms. The van der Waals surface area contributed by atoms with Gasteiger partial charge < -0.3 is 25.3 Å². The zero-order valence-electron chi connectivity index (χ0n) is 16.4. The standard InChI is InChI=1S/C22H32N2O3/c1-18(2)21-16-20(23)8-9-22(21)24-10-11-25-12-13-26-14-15-27-17-19-6-4-3-5-7-19/h3-9,16,18,24H,10-15,17,23H2,1-2H3. The molecule has 5 heteroatoms. The second-order valence-electron chi connectivity index (χ2n) is 6.69. The molecule has 5 nitrogen and oxygen atoms in total. The highest BCUT2D eigenvalue weighted by molar-refractivity contribution is 5.59. The van der Waals surface area contributed by atoms with Crippen LogP contribution in [0.15, 0.2) is 48.5 Å². The molecular weight excluding hydrogens is 340 g/mol. The van der Waals surface area contributed by atoms with Gasteiger partial charge in [-0.25, -0.2) is 0 Å². The van der Waals surface area contributed by atoms with Crippen LogP contribution >= 0.6 is 0 Å². The van der Waals surface area contributed by atoms with Crippen molar-refractivity contribution in [2.75, 3.05) is 50.6 Å². The maximum absolute atomic E-state index is 5.87. The van der Waals surface area contributed by atoms with Crippen LogP contribution in [-0.2, 0) is 20.8 Å². The maximum atomic E-state index is 5.87. The Morgan fingerprint density at radius 2 is 1.52 bits per heavy atom. The molecule has 0 heterocycles. The molecule has 0 saturated heterocycles. The van der Waals surface area contributed by atoms with Crippen LogP contribution < -0.4 is 11.1 Å². The summed E-state index contributed by atoms with van der Waals surface area (Å²) in [5.41, 5.74) is 10.2. The Balaban J connectivity index is 1.46. The van der Waals surface area contributed by atoms with E-state index in [1.54, 1.807) is 0 Å². The molecule has 148 valence electrons. The summed E-state index contributed by atoms with van der Waals surface area (Å²) in [7, 11) is 0. The highest BCUT2D eigenvalue weighted by atomic mass is 16.5. The van der Waals surface area contributed by atoms with E-state index >= 15 is 0 Å². The first-order valence-electron chi connectivity index (χ1n) is 9.57. The van der Waals surface area contributed by atoms with Crippen LogP contribution in [0, 0.1) is 0 Å². The fourth-order valence-corrected chi connectivity index (χ4v) is 2.68. The molecular formula is C22H32N2O3. The van der Waals surface area contributed by atoms with Gasteiger partial charge in [0.25, 0.3) is 0 Å². The van der Waals surface area contributed by atoms with E-state index in [1.807, 2.05) is 36.4 Å². The van der Waals surface area contributed by atoms with Gasteiger partial charge in [-0.1, -0.05) is 44.2 Å². The number of hydrogen-bond donors (Lipinski definition) is 2. The van der Waals surface area contributed by atoms with E-state index in [0.717, 1.165) is 17.9 Å². The summed E-state index contributed by atoms with van der Waals surface area (Å²) in [6.45, 7) is 8.67. The van der Waals surface area contributed by atoms with Crippen molar-refractivity contribution < 1.29 is 14.2 Å². The van der Waals surface area contributed by atoms with Crippen LogP contribution in [0.2, 0.25) is 0 Å². The molecule has 0 fully saturated rings. The zero-order chi connectivity index (χ0) is 19.3. The first-order valence-corrected chi connectivity index (χ1v) is 9.57. The molecule has 0 atom stereocenters. The van der Waals surface area contributed by atoms with E-state index in [1.165, 1.54) is 11.1 Å². The third-order valence-electron chi connectivity index (χ3n) is 4.12. The quantitative estimate of drug-likeness (QED) is 0.410. The van der Waals surface area contributed by atoms with Crippen molar-refractivity contribution >= 4 is 11.4 Å². The van der Waals surface area contributed by atoms with Gasteiger partial charge in [0.15, 0.2) is 0 Å². The van der Waals surface area contributed by atoms with Gasteiger partial charge in [-0.05, 0) is 35.2 Å². The molecule has 2 rings (SSSR count). The molecule has 0 aliphatic heterocycles. The first-order chi connectivity index (χ1) is 13.2. The zero-order valence-corrected chi connectivity index (χ0v) is 16.4. The van der Waals surface area contributed by atoms with Crippen molar-refractivity contribution in [3.8, 4) is 0 Å². The lowest BCUT2D eigenvalue weighted by Gasteiger charge is -2.15. The second-order valence-corrected chi connectivity index (χ2v) is 6.69. The summed E-state index contributed by atoms with van der Waals surface area (Å²) in [5.74, 6) is 0.425. The van der Waals surface area contributed by atoms with Gasteiger partial charge in [0.05, 0.1) is 39.6 Å².